The summed E-state index contributed by atoms with van der Waals surface area (Å²) in [5.74, 6) is 0.631. The second-order valence-electron chi connectivity index (χ2n) is 7.55. The van der Waals surface area contributed by atoms with Crippen LogP contribution >= 0.6 is 11.6 Å². The Morgan fingerprint density at radius 3 is 2.82 bits per heavy atom. The van der Waals surface area contributed by atoms with Crippen LogP contribution in [0.4, 0.5) is 0 Å². The van der Waals surface area contributed by atoms with E-state index in [2.05, 4.69) is 18.9 Å². The molecule has 22 heavy (non-hydrogen) atoms. The van der Waals surface area contributed by atoms with E-state index in [1.54, 1.807) is 18.0 Å². The Bertz CT molecular complexity index is 579. The van der Waals surface area contributed by atoms with Gasteiger partial charge in [-0.15, -0.1) is 0 Å². The second-order valence-corrected chi connectivity index (χ2v) is 7.95. The van der Waals surface area contributed by atoms with Crippen LogP contribution < -0.4 is 0 Å². The van der Waals surface area contributed by atoms with Crippen LogP contribution in [0.25, 0.3) is 0 Å². The summed E-state index contributed by atoms with van der Waals surface area (Å²) in [5.41, 5.74) is 1.19. The molecule has 0 radical (unpaired) electrons. The number of amides is 1. The Kier molecular flexibility index (Phi) is 3.76. The average molecular weight is 326 g/mol. The lowest BCUT2D eigenvalue weighted by Crippen LogP contribution is -2.55. The zero-order chi connectivity index (χ0) is 16.1. The van der Waals surface area contributed by atoms with Gasteiger partial charge >= 0.3 is 0 Å². The first-order chi connectivity index (χ1) is 10.3. The summed E-state index contributed by atoms with van der Waals surface area (Å²) in [4.78, 5) is 14.6. The molecule has 2 atom stereocenters. The minimum absolute atomic E-state index is 0.111. The van der Waals surface area contributed by atoms with E-state index in [1.807, 2.05) is 11.8 Å². The summed E-state index contributed by atoms with van der Waals surface area (Å²) in [6.45, 7) is 9.02. The number of nitrogens with zero attached hydrogens (tertiary/aromatic N) is 3. The minimum Gasteiger partial charge on any atom is -0.384 e. The molecule has 1 amide bonds. The van der Waals surface area contributed by atoms with Crippen LogP contribution in [0.15, 0.2) is 6.20 Å². The smallest absolute Gasteiger partial charge is 0.244 e. The molecule has 0 bridgehead atoms. The van der Waals surface area contributed by atoms with Crippen LogP contribution in [0.1, 0.15) is 26.0 Å². The van der Waals surface area contributed by atoms with Gasteiger partial charge in [0.2, 0.25) is 5.91 Å². The molecule has 3 rings (SSSR count). The van der Waals surface area contributed by atoms with Crippen LogP contribution in [0.3, 0.4) is 0 Å². The lowest BCUT2D eigenvalue weighted by molar-refractivity contribution is -0.131. The van der Waals surface area contributed by atoms with Crippen molar-refractivity contribution < 1.29 is 9.53 Å². The molecule has 2 aliphatic rings. The van der Waals surface area contributed by atoms with Crippen molar-refractivity contribution in [1.82, 2.24) is 14.7 Å². The van der Waals surface area contributed by atoms with Gasteiger partial charge in [-0.1, -0.05) is 25.4 Å². The normalized spacial score (nSPS) is 29.3. The number of carbonyl (C=O) groups is 1. The van der Waals surface area contributed by atoms with Crippen molar-refractivity contribution in [2.45, 2.75) is 33.7 Å². The molecule has 0 N–H and O–H groups in total. The maximum atomic E-state index is 12.6. The number of hydrogen-bond donors (Lipinski definition) is 0. The van der Waals surface area contributed by atoms with Crippen molar-refractivity contribution in [2.75, 3.05) is 26.8 Å². The van der Waals surface area contributed by atoms with E-state index in [0.29, 0.717) is 16.4 Å². The zero-order valence-electron chi connectivity index (χ0n) is 13.7. The van der Waals surface area contributed by atoms with Crippen LogP contribution in [-0.2, 0) is 16.1 Å². The molecule has 1 aromatic rings. The summed E-state index contributed by atoms with van der Waals surface area (Å²) in [7, 11) is 1.75. The highest BCUT2D eigenvalue weighted by Crippen LogP contribution is 2.62. The minimum atomic E-state index is 0.111. The number of ether oxygens (including phenoxy) is 1. The molecule has 0 spiro atoms. The van der Waals surface area contributed by atoms with Gasteiger partial charge < -0.3 is 9.64 Å². The van der Waals surface area contributed by atoms with Gasteiger partial charge in [-0.05, 0) is 24.7 Å². The Morgan fingerprint density at radius 2 is 2.27 bits per heavy atom. The van der Waals surface area contributed by atoms with Crippen molar-refractivity contribution >= 4 is 17.5 Å². The van der Waals surface area contributed by atoms with Crippen LogP contribution in [-0.4, -0.2) is 47.4 Å². The molecular weight excluding hydrogens is 302 g/mol. The van der Waals surface area contributed by atoms with Crippen LogP contribution in [0.5, 0.6) is 0 Å². The van der Waals surface area contributed by atoms with E-state index in [0.717, 1.165) is 31.8 Å². The third-order valence-electron chi connectivity index (χ3n) is 5.37. The van der Waals surface area contributed by atoms with Crippen molar-refractivity contribution in [2.24, 2.45) is 16.7 Å². The SMILES string of the molecule is COC[C@@]12CN(C(=O)Cn3cc(Cl)c(C)n3)C[C@@H]1C(C)(C)C2. The molecule has 2 fully saturated rings. The molecule has 6 heteroatoms. The summed E-state index contributed by atoms with van der Waals surface area (Å²) >= 11 is 6.00. The number of fused-ring (bicyclic) bond motifs is 1. The summed E-state index contributed by atoms with van der Waals surface area (Å²) in [5, 5.41) is 4.87. The maximum absolute atomic E-state index is 12.6. The Balaban J connectivity index is 1.70. The number of methoxy groups -OCH3 is 1. The fraction of sp³-hybridized carbons (Fsp3) is 0.750. The maximum Gasteiger partial charge on any atom is 0.244 e. The van der Waals surface area contributed by atoms with Gasteiger partial charge in [0.25, 0.3) is 0 Å². The molecule has 1 aromatic heterocycles. The third-order valence-corrected chi connectivity index (χ3v) is 5.74. The molecule has 2 heterocycles. The lowest BCUT2D eigenvalue weighted by Gasteiger charge is -2.56. The number of aryl methyl sites for hydroxylation is 1. The molecule has 1 aliphatic heterocycles. The lowest BCUT2D eigenvalue weighted by atomic mass is 9.48. The number of aromatic nitrogens is 2. The summed E-state index contributed by atoms with van der Waals surface area (Å²) in [6.07, 6.45) is 2.84. The molecule has 1 aliphatic carbocycles. The van der Waals surface area contributed by atoms with E-state index in [4.69, 9.17) is 16.3 Å². The molecule has 5 nitrogen and oxygen atoms in total. The summed E-state index contributed by atoms with van der Waals surface area (Å²) < 4.78 is 7.07. The number of hydrogen-bond acceptors (Lipinski definition) is 3. The highest BCUT2D eigenvalue weighted by molar-refractivity contribution is 6.31. The highest BCUT2D eigenvalue weighted by Gasteiger charge is 2.63. The number of carbonyl (C=O) groups excluding carboxylic acids is 1. The van der Waals surface area contributed by atoms with Gasteiger partial charge in [-0.2, -0.15) is 5.10 Å². The first-order valence-electron chi connectivity index (χ1n) is 7.74. The fourth-order valence-corrected chi connectivity index (χ4v) is 4.76. The predicted octanol–water partition coefficient (Wildman–Crippen LogP) is 2.37. The first-order valence-corrected chi connectivity index (χ1v) is 8.11. The zero-order valence-corrected chi connectivity index (χ0v) is 14.5. The van der Waals surface area contributed by atoms with Crippen LogP contribution in [0.2, 0.25) is 5.02 Å². The molecule has 1 saturated heterocycles. The second kappa shape index (κ2) is 5.24. The van der Waals surface area contributed by atoms with Gasteiger partial charge in [0.15, 0.2) is 0 Å². The predicted molar refractivity (Wildman–Crippen MR) is 84.8 cm³/mol. The Morgan fingerprint density at radius 1 is 1.55 bits per heavy atom. The number of halogens is 1. The van der Waals surface area contributed by atoms with Gasteiger partial charge in [0, 0.05) is 31.8 Å². The number of rotatable bonds is 4. The van der Waals surface area contributed by atoms with Crippen molar-refractivity contribution in [3.05, 3.63) is 16.9 Å². The van der Waals surface area contributed by atoms with Crippen molar-refractivity contribution in [1.29, 1.82) is 0 Å². The van der Waals surface area contributed by atoms with Crippen LogP contribution in [0, 0.1) is 23.7 Å². The van der Waals surface area contributed by atoms with Gasteiger partial charge in [0.05, 0.1) is 17.3 Å². The van der Waals surface area contributed by atoms with E-state index in [9.17, 15) is 4.79 Å². The number of likely N-dealkylation sites (tertiary alicyclic amines) is 1. The van der Waals surface area contributed by atoms with Crippen molar-refractivity contribution in [3.63, 3.8) is 0 Å². The topological polar surface area (TPSA) is 47.4 Å². The molecular formula is C16H24ClN3O2. The molecule has 122 valence electrons. The summed E-state index contributed by atoms with van der Waals surface area (Å²) in [6, 6.07) is 0. The van der Waals surface area contributed by atoms with E-state index in [-0.39, 0.29) is 17.9 Å². The van der Waals surface area contributed by atoms with Crippen molar-refractivity contribution in [3.8, 4) is 0 Å². The van der Waals surface area contributed by atoms with Gasteiger partial charge in [-0.25, -0.2) is 0 Å². The highest BCUT2D eigenvalue weighted by atomic mass is 35.5. The quantitative estimate of drug-likeness (QED) is 0.854. The largest absolute Gasteiger partial charge is 0.384 e. The Labute approximate surface area is 136 Å². The van der Waals surface area contributed by atoms with E-state index in [1.165, 1.54) is 0 Å². The monoisotopic (exact) mass is 325 g/mol. The molecule has 1 saturated carbocycles. The fourth-order valence-electron chi connectivity index (χ4n) is 4.61. The van der Waals surface area contributed by atoms with E-state index >= 15 is 0 Å². The van der Waals surface area contributed by atoms with Gasteiger partial charge in [0.1, 0.15) is 6.54 Å². The van der Waals surface area contributed by atoms with E-state index < -0.39 is 0 Å². The first kappa shape index (κ1) is 15.8. The molecule has 0 aromatic carbocycles. The third kappa shape index (κ3) is 2.44. The molecule has 0 unspecified atom stereocenters. The van der Waals surface area contributed by atoms with Gasteiger partial charge in [-0.3, -0.25) is 9.48 Å². The Hall–Kier alpha value is -1.07. The average Bonchev–Trinajstić information content (AvgIpc) is 2.89. The standard InChI is InChI=1S/C16H24ClN3O2/c1-11-12(17)5-20(18-11)7-14(21)19-6-13-15(2,3)8-16(13,9-19)10-22-4/h5,13H,6-10H2,1-4H3/t13-,16-/m1/s1.